The van der Waals surface area contributed by atoms with Crippen molar-refractivity contribution in [2.24, 2.45) is 0 Å². The van der Waals surface area contributed by atoms with Gasteiger partial charge in [-0.25, -0.2) is 14.8 Å². The van der Waals surface area contributed by atoms with Crippen LogP contribution < -0.4 is 20.3 Å². The predicted molar refractivity (Wildman–Crippen MR) is 141 cm³/mol. The van der Waals surface area contributed by atoms with E-state index in [0.29, 0.717) is 54.1 Å². The first kappa shape index (κ1) is 24.5. The Kier molecular flexibility index (Phi) is 7.17. The van der Waals surface area contributed by atoms with Gasteiger partial charge < -0.3 is 30.0 Å². The number of carbonyl (C=O) groups is 1. The molecule has 12 nitrogen and oxygen atoms in total. The topological polar surface area (TPSA) is 144 Å². The zero-order valence-electron chi connectivity index (χ0n) is 21.0. The Balaban J connectivity index is 1.56. The van der Waals surface area contributed by atoms with Gasteiger partial charge in [0.1, 0.15) is 29.0 Å². The fourth-order valence-corrected chi connectivity index (χ4v) is 4.66. The molecule has 2 aliphatic heterocycles. The molecule has 0 radical (unpaired) electrons. The molecule has 3 aromatic rings. The summed E-state index contributed by atoms with van der Waals surface area (Å²) in [4.78, 5) is 25.9. The lowest BCUT2D eigenvalue weighted by molar-refractivity contribution is 0.0985. The van der Waals surface area contributed by atoms with Crippen molar-refractivity contribution >= 4 is 35.5 Å². The highest BCUT2D eigenvalue weighted by molar-refractivity contribution is 5.98. The number of H-pyrrole nitrogens is 1. The summed E-state index contributed by atoms with van der Waals surface area (Å²) in [6, 6.07) is 5.40. The van der Waals surface area contributed by atoms with Crippen LogP contribution in [0.25, 0.3) is 11.1 Å². The summed E-state index contributed by atoms with van der Waals surface area (Å²) in [6.45, 7) is 5.48. The van der Waals surface area contributed by atoms with Gasteiger partial charge >= 0.3 is 6.03 Å². The molecule has 12 heteroatoms. The molecule has 0 aliphatic carbocycles. The summed E-state index contributed by atoms with van der Waals surface area (Å²) in [7, 11) is 1.57. The fraction of sp³-hybridized carbons (Fsp3) is 0.400. The molecule has 2 fully saturated rings. The van der Waals surface area contributed by atoms with E-state index in [4.69, 9.17) is 19.9 Å². The highest BCUT2D eigenvalue weighted by Crippen LogP contribution is 2.38. The number of nitrogens with one attached hydrogen (secondary N) is 4. The van der Waals surface area contributed by atoms with Gasteiger partial charge in [-0.1, -0.05) is 0 Å². The first-order valence-corrected chi connectivity index (χ1v) is 12.3. The first-order valence-electron chi connectivity index (χ1n) is 12.3. The lowest BCUT2D eigenvalue weighted by Crippen LogP contribution is -2.44. The van der Waals surface area contributed by atoms with Crippen molar-refractivity contribution in [2.75, 3.05) is 55.5 Å². The molecule has 4 N–H and O–H groups in total. The number of ether oxygens (including phenoxy) is 2. The summed E-state index contributed by atoms with van der Waals surface area (Å²) < 4.78 is 11.4. The van der Waals surface area contributed by atoms with Gasteiger partial charge in [0.25, 0.3) is 0 Å². The van der Waals surface area contributed by atoms with Crippen LogP contribution in [-0.4, -0.2) is 83.3 Å². The Morgan fingerprint density at radius 3 is 2.81 bits per heavy atom. The SMILES string of the molecule is COc1cc(NC(=O)N2CCCC2)ncc1-c1cc(N2CCOC[C@H]2C)nc(Nc2ccn[nH]2)c1C=N. The van der Waals surface area contributed by atoms with E-state index in [1.54, 1.807) is 36.5 Å². The smallest absolute Gasteiger partial charge is 0.323 e. The number of anilines is 4. The van der Waals surface area contributed by atoms with Crippen molar-refractivity contribution in [3.05, 3.63) is 36.2 Å². The second-order valence-electron chi connectivity index (χ2n) is 9.04. The summed E-state index contributed by atoms with van der Waals surface area (Å²) >= 11 is 0. The van der Waals surface area contributed by atoms with Crippen LogP contribution in [0.5, 0.6) is 5.75 Å². The number of morpholine rings is 1. The third kappa shape index (κ3) is 5.19. The number of urea groups is 1. The normalized spacial score (nSPS) is 17.5. The number of hydrogen-bond donors (Lipinski definition) is 4. The summed E-state index contributed by atoms with van der Waals surface area (Å²) in [5, 5.41) is 21.2. The molecule has 194 valence electrons. The lowest BCUT2D eigenvalue weighted by Gasteiger charge is -2.35. The molecule has 0 saturated carbocycles. The second-order valence-corrected chi connectivity index (χ2v) is 9.04. The van der Waals surface area contributed by atoms with Crippen LogP contribution in [0.2, 0.25) is 0 Å². The van der Waals surface area contributed by atoms with Crippen molar-refractivity contribution in [3.63, 3.8) is 0 Å². The molecule has 1 atom stereocenters. The van der Waals surface area contributed by atoms with E-state index in [0.717, 1.165) is 37.3 Å². The third-order valence-corrected chi connectivity index (χ3v) is 6.61. The van der Waals surface area contributed by atoms with E-state index in [2.05, 4.69) is 37.6 Å². The molecule has 3 aromatic heterocycles. The maximum absolute atomic E-state index is 12.6. The number of aromatic amines is 1. The largest absolute Gasteiger partial charge is 0.496 e. The summed E-state index contributed by atoms with van der Waals surface area (Å²) in [5.41, 5.74) is 1.97. The van der Waals surface area contributed by atoms with E-state index in [1.807, 2.05) is 6.07 Å². The number of rotatable bonds is 7. The van der Waals surface area contributed by atoms with Gasteiger partial charge in [0.2, 0.25) is 0 Å². The minimum absolute atomic E-state index is 0.128. The van der Waals surface area contributed by atoms with Crippen LogP contribution in [-0.2, 0) is 4.74 Å². The first-order chi connectivity index (χ1) is 18.1. The molecule has 2 aliphatic rings. The van der Waals surface area contributed by atoms with Gasteiger partial charge in [-0.2, -0.15) is 5.10 Å². The van der Waals surface area contributed by atoms with Gasteiger partial charge in [0.05, 0.1) is 32.6 Å². The van der Waals surface area contributed by atoms with E-state index in [-0.39, 0.29) is 12.1 Å². The zero-order chi connectivity index (χ0) is 25.8. The molecule has 0 spiro atoms. The molecule has 2 saturated heterocycles. The quantitative estimate of drug-likeness (QED) is 0.357. The third-order valence-electron chi connectivity index (χ3n) is 6.61. The molecule has 0 unspecified atom stereocenters. The number of pyridine rings is 2. The van der Waals surface area contributed by atoms with Crippen LogP contribution in [0.3, 0.4) is 0 Å². The Hall–Kier alpha value is -4.19. The lowest BCUT2D eigenvalue weighted by atomic mass is 10.0. The van der Waals surface area contributed by atoms with Crippen molar-refractivity contribution in [1.29, 1.82) is 5.41 Å². The minimum Gasteiger partial charge on any atom is -0.496 e. The van der Waals surface area contributed by atoms with Crippen molar-refractivity contribution in [2.45, 2.75) is 25.8 Å². The highest BCUT2D eigenvalue weighted by atomic mass is 16.5. The van der Waals surface area contributed by atoms with Crippen LogP contribution in [0.1, 0.15) is 25.3 Å². The number of aromatic nitrogens is 4. The Morgan fingerprint density at radius 2 is 2.11 bits per heavy atom. The molecule has 5 heterocycles. The van der Waals surface area contributed by atoms with Gasteiger partial charge in [-0.3, -0.25) is 10.4 Å². The minimum atomic E-state index is -0.168. The number of methoxy groups -OCH3 is 1. The zero-order valence-corrected chi connectivity index (χ0v) is 21.0. The van der Waals surface area contributed by atoms with E-state index < -0.39 is 0 Å². The Morgan fingerprint density at radius 1 is 1.27 bits per heavy atom. The van der Waals surface area contributed by atoms with Crippen molar-refractivity contribution < 1.29 is 14.3 Å². The number of carbonyl (C=O) groups excluding carboxylic acids is 1. The van der Waals surface area contributed by atoms with Crippen LogP contribution in [0.4, 0.5) is 28.1 Å². The van der Waals surface area contributed by atoms with Crippen LogP contribution in [0.15, 0.2) is 30.6 Å². The summed E-state index contributed by atoms with van der Waals surface area (Å²) in [5.74, 6) is 2.82. The number of likely N-dealkylation sites (tertiary alicyclic amines) is 1. The van der Waals surface area contributed by atoms with Crippen molar-refractivity contribution in [3.8, 4) is 16.9 Å². The molecular weight excluding hydrogens is 474 g/mol. The number of nitrogens with zero attached hydrogens (tertiary/aromatic N) is 5. The van der Waals surface area contributed by atoms with Gasteiger partial charge in [0.15, 0.2) is 0 Å². The van der Waals surface area contributed by atoms with E-state index in [1.165, 1.54) is 6.21 Å². The molecular formula is C25H31N9O3. The monoisotopic (exact) mass is 505 g/mol. The number of amides is 2. The molecule has 0 aromatic carbocycles. The summed E-state index contributed by atoms with van der Waals surface area (Å²) in [6.07, 6.45) is 6.58. The molecule has 2 amide bonds. The Bertz CT molecular complexity index is 1260. The van der Waals surface area contributed by atoms with E-state index in [9.17, 15) is 4.79 Å². The Labute approximate surface area is 214 Å². The average molecular weight is 506 g/mol. The van der Waals surface area contributed by atoms with Gasteiger partial charge in [-0.05, 0) is 25.8 Å². The van der Waals surface area contributed by atoms with Crippen molar-refractivity contribution in [1.82, 2.24) is 25.1 Å². The maximum atomic E-state index is 12.6. The highest BCUT2D eigenvalue weighted by Gasteiger charge is 2.25. The van der Waals surface area contributed by atoms with E-state index >= 15 is 0 Å². The predicted octanol–water partition coefficient (Wildman–Crippen LogP) is 3.47. The van der Waals surface area contributed by atoms with Gasteiger partial charge in [0, 0.05) is 60.9 Å². The van der Waals surface area contributed by atoms with Gasteiger partial charge in [-0.15, -0.1) is 0 Å². The molecule has 37 heavy (non-hydrogen) atoms. The van der Waals surface area contributed by atoms with Crippen LogP contribution in [0, 0.1) is 5.41 Å². The standard InChI is InChI=1S/C25H31N9O3/c1-16-15-37-10-9-34(16)23-11-17(18(13-26)24(31-23)29-21-5-6-28-32-21)19-14-27-22(12-20(19)36-2)30-25(35)33-7-3-4-8-33/h5-6,11-14,16,26H,3-4,7-10,15H2,1-2H3,(H,27,30,35)(H2,28,29,31,32)/t16-/m1/s1. The molecule has 5 rings (SSSR count). The fourth-order valence-electron chi connectivity index (χ4n) is 4.66. The average Bonchev–Trinajstić information content (AvgIpc) is 3.63. The number of hydrogen-bond acceptors (Lipinski definition) is 9. The second kappa shape index (κ2) is 10.8. The van der Waals surface area contributed by atoms with Crippen LogP contribution >= 0.6 is 0 Å². The molecule has 0 bridgehead atoms. The maximum Gasteiger partial charge on any atom is 0.323 e.